The molecular formula is C20H20N6O2. The Morgan fingerprint density at radius 2 is 2.04 bits per heavy atom. The molecule has 1 aromatic heterocycles. The maximum absolute atomic E-state index is 12.5. The second kappa shape index (κ2) is 7.15. The lowest BCUT2D eigenvalue weighted by Crippen LogP contribution is -2.23. The van der Waals surface area contributed by atoms with Crippen LogP contribution in [-0.4, -0.2) is 32.5 Å². The minimum atomic E-state index is -0.190. The van der Waals surface area contributed by atoms with Crippen molar-refractivity contribution in [3.8, 4) is 5.75 Å². The molecule has 2 aromatic carbocycles. The van der Waals surface area contributed by atoms with Gasteiger partial charge in [-0.05, 0) is 43.2 Å². The lowest BCUT2D eigenvalue weighted by atomic mass is 10.1. The number of nitrogen functional groups attached to an aromatic ring is 1. The van der Waals surface area contributed by atoms with Gasteiger partial charge in [0, 0.05) is 29.9 Å². The normalized spacial score (nSPS) is 12.7. The number of para-hydroxylation sites is 1. The van der Waals surface area contributed by atoms with Crippen LogP contribution in [0.25, 0.3) is 0 Å². The number of carbonyl (C=O) groups excluding carboxylic acids is 1. The Morgan fingerprint density at radius 3 is 2.82 bits per heavy atom. The van der Waals surface area contributed by atoms with E-state index in [-0.39, 0.29) is 24.1 Å². The average molecular weight is 376 g/mol. The highest BCUT2D eigenvalue weighted by atomic mass is 16.3. The quantitative estimate of drug-likeness (QED) is 0.638. The van der Waals surface area contributed by atoms with Crippen LogP contribution in [0.5, 0.6) is 5.75 Å². The summed E-state index contributed by atoms with van der Waals surface area (Å²) in [5.74, 6) is 1.25. The van der Waals surface area contributed by atoms with Gasteiger partial charge in [-0.3, -0.25) is 4.79 Å². The number of nitrogens with zero attached hydrogens (tertiary/aromatic N) is 4. The first-order valence-electron chi connectivity index (χ1n) is 8.95. The summed E-state index contributed by atoms with van der Waals surface area (Å²) >= 11 is 0. The maximum atomic E-state index is 12.5. The van der Waals surface area contributed by atoms with Crippen LogP contribution in [0.1, 0.15) is 27.3 Å². The van der Waals surface area contributed by atoms with Gasteiger partial charge in [-0.2, -0.15) is 15.0 Å². The molecular weight excluding hydrogens is 356 g/mol. The molecule has 0 fully saturated rings. The molecule has 28 heavy (non-hydrogen) atoms. The van der Waals surface area contributed by atoms with Gasteiger partial charge in [0.1, 0.15) is 11.6 Å². The fourth-order valence-electron chi connectivity index (χ4n) is 3.30. The van der Waals surface area contributed by atoms with Crippen molar-refractivity contribution in [2.75, 3.05) is 17.2 Å². The first-order valence-corrected chi connectivity index (χ1v) is 8.95. The number of aromatic nitrogens is 3. The van der Waals surface area contributed by atoms with E-state index >= 15 is 0 Å². The second-order valence-electron chi connectivity index (χ2n) is 6.60. The molecule has 4 rings (SSSR count). The van der Waals surface area contributed by atoms with Gasteiger partial charge >= 0.3 is 0 Å². The molecule has 2 heterocycles. The Labute approximate surface area is 162 Å². The summed E-state index contributed by atoms with van der Waals surface area (Å²) in [6.07, 6.45) is 0.778. The number of nitrogens with one attached hydrogen (secondary N) is 1. The molecule has 8 heteroatoms. The van der Waals surface area contributed by atoms with Crippen LogP contribution in [-0.2, 0) is 13.0 Å². The van der Waals surface area contributed by atoms with Gasteiger partial charge in [0.2, 0.25) is 11.9 Å². The van der Waals surface area contributed by atoms with E-state index in [4.69, 9.17) is 5.73 Å². The van der Waals surface area contributed by atoms with Crippen LogP contribution in [0.4, 0.5) is 17.6 Å². The molecule has 0 atom stereocenters. The lowest BCUT2D eigenvalue weighted by molar-refractivity contribution is 0.0950. The van der Waals surface area contributed by atoms with E-state index in [1.807, 2.05) is 23.1 Å². The fourth-order valence-corrected chi connectivity index (χ4v) is 3.30. The maximum Gasteiger partial charge on any atom is 0.251 e. The summed E-state index contributed by atoms with van der Waals surface area (Å²) in [6.45, 7) is 2.75. The van der Waals surface area contributed by atoms with Gasteiger partial charge in [-0.25, -0.2) is 0 Å². The Balaban J connectivity index is 1.51. The monoisotopic (exact) mass is 376 g/mol. The number of fused-ring (bicyclic) bond motifs is 1. The third kappa shape index (κ3) is 3.44. The number of aryl methyl sites for hydroxylation is 1. The second-order valence-corrected chi connectivity index (χ2v) is 6.60. The number of amides is 1. The molecule has 0 saturated carbocycles. The Bertz CT molecular complexity index is 1030. The smallest absolute Gasteiger partial charge is 0.251 e. The van der Waals surface area contributed by atoms with Crippen LogP contribution in [0.3, 0.4) is 0 Å². The van der Waals surface area contributed by atoms with Gasteiger partial charge in [-0.1, -0.05) is 18.2 Å². The molecule has 3 aromatic rings. The average Bonchev–Trinajstić information content (AvgIpc) is 3.09. The van der Waals surface area contributed by atoms with Crippen molar-refractivity contribution in [1.29, 1.82) is 0 Å². The number of anilines is 3. The first kappa shape index (κ1) is 17.7. The van der Waals surface area contributed by atoms with Crippen molar-refractivity contribution < 1.29 is 9.90 Å². The van der Waals surface area contributed by atoms with Gasteiger partial charge in [-0.15, -0.1) is 0 Å². The minimum Gasteiger partial charge on any atom is -0.508 e. The summed E-state index contributed by atoms with van der Waals surface area (Å²) in [6, 6.07) is 12.5. The van der Waals surface area contributed by atoms with E-state index in [1.54, 1.807) is 31.2 Å². The van der Waals surface area contributed by atoms with Crippen molar-refractivity contribution in [2.24, 2.45) is 0 Å². The van der Waals surface area contributed by atoms with E-state index < -0.39 is 0 Å². The summed E-state index contributed by atoms with van der Waals surface area (Å²) in [4.78, 5) is 27.1. The zero-order valence-electron chi connectivity index (χ0n) is 15.4. The number of hydrogen-bond acceptors (Lipinski definition) is 7. The first-order chi connectivity index (χ1) is 13.5. The standard InChI is InChI=1S/C20H20N6O2/c1-12-23-19(21)25-20(24-12)26-9-8-13-10-14(6-7-16(13)26)18(28)22-11-15-4-2-3-5-17(15)27/h2-7,10,27H,8-9,11H2,1H3,(H,22,28)(H2,21,23,24,25). The Hall–Kier alpha value is -3.68. The zero-order chi connectivity index (χ0) is 19.7. The summed E-state index contributed by atoms with van der Waals surface area (Å²) in [5, 5.41) is 12.7. The third-order valence-electron chi connectivity index (χ3n) is 4.66. The molecule has 0 radical (unpaired) electrons. The number of rotatable bonds is 4. The molecule has 142 valence electrons. The highest BCUT2D eigenvalue weighted by Crippen LogP contribution is 2.33. The predicted octanol–water partition coefficient (Wildman–Crippen LogP) is 2.09. The lowest BCUT2D eigenvalue weighted by Gasteiger charge is -2.17. The molecule has 0 spiro atoms. The molecule has 0 saturated heterocycles. The van der Waals surface area contributed by atoms with Gasteiger partial charge in [0.25, 0.3) is 5.91 Å². The van der Waals surface area contributed by atoms with Crippen molar-refractivity contribution in [3.05, 3.63) is 65.0 Å². The fraction of sp³-hybridized carbons (Fsp3) is 0.200. The Kier molecular flexibility index (Phi) is 4.52. The van der Waals surface area contributed by atoms with Gasteiger partial charge in [0.05, 0.1) is 0 Å². The van der Waals surface area contributed by atoms with E-state index in [1.165, 1.54) is 0 Å². The van der Waals surface area contributed by atoms with Crippen molar-refractivity contribution >= 4 is 23.5 Å². The number of nitrogens with two attached hydrogens (primary N) is 1. The molecule has 0 unspecified atom stereocenters. The number of phenolic OH excluding ortho intramolecular Hbond substituents is 1. The van der Waals surface area contributed by atoms with Crippen LogP contribution >= 0.6 is 0 Å². The van der Waals surface area contributed by atoms with Crippen molar-refractivity contribution in [1.82, 2.24) is 20.3 Å². The van der Waals surface area contributed by atoms with Gasteiger partial charge < -0.3 is 21.1 Å². The van der Waals surface area contributed by atoms with E-state index in [0.29, 0.717) is 29.4 Å². The number of hydrogen-bond donors (Lipinski definition) is 3. The van der Waals surface area contributed by atoms with Gasteiger partial charge in [0.15, 0.2) is 0 Å². The number of benzene rings is 2. The highest BCUT2D eigenvalue weighted by Gasteiger charge is 2.24. The zero-order valence-corrected chi connectivity index (χ0v) is 15.4. The summed E-state index contributed by atoms with van der Waals surface area (Å²) in [7, 11) is 0. The molecule has 1 aliphatic rings. The van der Waals surface area contributed by atoms with E-state index in [2.05, 4.69) is 20.3 Å². The molecule has 4 N–H and O–H groups in total. The van der Waals surface area contributed by atoms with Crippen molar-refractivity contribution in [3.63, 3.8) is 0 Å². The summed E-state index contributed by atoms with van der Waals surface area (Å²) in [5.41, 5.74) is 9.00. The van der Waals surface area contributed by atoms with E-state index in [0.717, 1.165) is 17.7 Å². The SMILES string of the molecule is Cc1nc(N)nc(N2CCc3cc(C(=O)NCc4ccccc4O)ccc32)n1. The van der Waals surface area contributed by atoms with Crippen LogP contribution in [0.2, 0.25) is 0 Å². The molecule has 0 aliphatic carbocycles. The largest absolute Gasteiger partial charge is 0.508 e. The topological polar surface area (TPSA) is 117 Å². The number of aromatic hydroxyl groups is 1. The molecule has 1 amide bonds. The number of carbonyl (C=O) groups is 1. The van der Waals surface area contributed by atoms with Crippen LogP contribution in [0.15, 0.2) is 42.5 Å². The molecule has 1 aliphatic heterocycles. The third-order valence-corrected chi connectivity index (χ3v) is 4.66. The number of phenols is 1. The van der Waals surface area contributed by atoms with Crippen LogP contribution < -0.4 is 16.0 Å². The highest BCUT2D eigenvalue weighted by molar-refractivity contribution is 5.95. The molecule has 8 nitrogen and oxygen atoms in total. The van der Waals surface area contributed by atoms with Crippen molar-refractivity contribution in [2.45, 2.75) is 19.9 Å². The van der Waals surface area contributed by atoms with Crippen LogP contribution in [0, 0.1) is 6.92 Å². The Morgan fingerprint density at radius 1 is 1.21 bits per heavy atom. The molecule has 0 bridgehead atoms. The predicted molar refractivity (Wildman–Crippen MR) is 105 cm³/mol. The minimum absolute atomic E-state index is 0.166. The van der Waals surface area contributed by atoms with E-state index in [9.17, 15) is 9.90 Å². The summed E-state index contributed by atoms with van der Waals surface area (Å²) < 4.78 is 0.